The number of halogens is 4. The molecule has 0 saturated heterocycles. The molecule has 0 unspecified atom stereocenters. The first-order chi connectivity index (χ1) is 9.84. The van der Waals surface area contributed by atoms with Crippen LogP contribution in [0.15, 0.2) is 33.7 Å². The second kappa shape index (κ2) is 6.25. The molecule has 1 aromatic carbocycles. The van der Waals surface area contributed by atoms with Gasteiger partial charge in [-0.1, -0.05) is 11.2 Å². The highest BCUT2D eigenvalue weighted by atomic mass is 32.2. The van der Waals surface area contributed by atoms with E-state index in [2.05, 4.69) is 14.7 Å². The van der Waals surface area contributed by atoms with E-state index in [0.29, 0.717) is 4.90 Å². The smallest absolute Gasteiger partial charge is 0.339 e. The van der Waals surface area contributed by atoms with Gasteiger partial charge < -0.3 is 4.52 Å². The van der Waals surface area contributed by atoms with Crippen LogP contribution >= 0.6 is 11.8 Å². The molecule has 0 aliphatic rings. The van der Waals surface area contributed by atoms with Gasteiger partial charge in [-0.15, -0.1) is 11.8 Å². The van der Waals surface area contributed by atoms with E-state index < -0.39 is 30.1 Å². The third-order valence-corrected chi connectivity index (χ3v) is 3.29. The minimum atomic E-state index is -4.93. The number of aromatic nitrogens is 2. The maximum absolute atomic E-state index is 12.9. The first kappa shape index (κ1) is 15.5. The highest BCUT2D eigenvalue weighted by Crippen LogP contribution is 2.23. The zero-order valence-electron chi connectivity index (χ0n) is 10.4. The van der Waals surface area contributed by atoms with E-state index in [1.165, 1.54) is 30.0 Å². The molecular formula is C12H8F4N2O2S. The lowest BCUT2D eigenvalue weighted by molar-refractivity contribution is -0.170. The minimum absolute atomic E-state index is 0.134. The lowest BCUT2D eigenvalue weighted by atomic mass is 10.3. The Kier molecular flexibility index (Phi) is 4.61. The molecule has 0 fully saturated rings. The van der Waals surface area contributed by atoms with Crippen molar-refractivity contribution in [1.29, 1.82) is 0 Å². The molecule has 0 bridgehead atoms. The van der Waals surface area contributed by atoms with Crippen LogP contribution in [0.5, 0.6) is 0 Å². The van der Waals surface area contributed by atoms with E-state index in [0.717, 1.165) is 0 Å². The van der Waals surface area contributed by atoms with Crippen molar-refractivity contribution in [3.8, 4) is 0 Å². The fourth-order valence-corrected chi connectivity index (χ4v) is 2.15. The molecule has 2 aromatic rings. The van der Waals surface area contributed by atoms with Gasteiger partial charge in [-0.25, -0.2) is 4.39 Å². The van der Waals surface area contributed by atoms with E-state index in [9.17, 15) is 22.4 Å². The Labute approximate surface area is 120 Å². The van der Waals surface area contributed by atoms with Gasteiger partial charge in [0.15, 0.2) is 5.82 Å². The van der Waals surface area contributed by atoms with Crippen molar-refractivity contribution >= 4 is 17.5 Å². The Hall–Kier alpha value is -1.90. The molecule has 4 nitrogen and oxygen atoms in total. The van der Waals surface area contributed by atoms with Crippen LogP contribution in [-0.2, 0) is 17.0 Å². The molecule has 0 spiro atoms. The van der Waals surface area contributed by atoms with Gasteiger partial charge in [0.1, 0.15) is 5.82 Å². The Balaban J connectivity index is 1.93. The summed E-state index contributed by atoms with van der Waals surface area (Å²) in [5.41, 5.74) is 0. The number of alkyl halides is 3. The van der Waals surface area contributed by atoms with Gasteiger partial charge in [-0.3, -0.25) is 4.79 Å². The molecule has 9 heteroatoms. The summed E-state index contributed by atoms with van der Waals surface area (Å²) in [5.74, 6) is -2.42. The SMILES string of the molecule is O=C(Cc1nc(CSc2cccc(F)c2)no1)C(F)(F)F. The average molecular weight is 320 g/mol. The van der Waals surface area contributed by atoms with Gasteiger partial charge >= 0.3 is 6.18 Å². The van der Waals surface area contributed by atoms with Gasteiger partial charge in [0, 0.05) is 4.90 Å². The summed E-state index contributed by atoms with van der Waals surface area (Å²) in [6, 6.07) is 5.79. The number of rotatable bonds is 5. The van der Waals surface area contributed by atoms with E-state index in [1.54, 1.807) is 6.07 Å². The normalized spacial score (nSPS) is 11.6. The molecule has 1 aromatic heterocycles. The molecule has 0 saturated carbocycles. The van der Waals surface area contributed by atoms with Crippen molar-refractivity contribution < 1.29 is 26.9 Å². The van der Waals surface area contributed by atoms with Crippen LogP contribution in [0.2, 0.25) is 0 Å². The molecule has 0 radical (unpaired) electrons. The number of hydrogen-bond acceptors (Lipinski definition) is 5. The van der Waals surface area contributed by atoms with Gasteiger partial charge in [0.2, 0.25) is 11.7 Å². The first-order valence-electron chi connectivity index (χ1n) is 5.64. The van der Waals surface area contributed by atoms with Crippen LogP contribution in [0.1, 0.15) is 11.7 Å². The van der Waals surface area contributed by atoms with Crippen molar-refractivity contribution in [2.45, 2.75) is 23.2 Å². The summed E-state index contributed by atoms with van der Waals surface area (Å²) in [6.07, 6.45) is -5.91. The van der Waals surface area contributed by atoms with Gasteiger partial charge in [-0.2, -0.15) is 18.2 Å². The Morgan fingerprint density at radius 1 is 1.33 bits per heavy atom. The minimum Gasteiger partial charge on any atom is -0.339 e. The second-order valence-corrected chi connectivity index (χ2v) is 5.00. The third kappa shape index (κ3) is 4.55. The lowest BCUT2D eigenvalue weighted by Gasteiger charge is -2.00. The van der Waals surface area contributed by atoms with Crippen LogP contribution in [0.25, 0.3) is 0 Å². The van der Waals surface area contributed by atoms with Crippen LogP contribution < -0.4 is 0 Å². The number of carbonyl (C=O) groups is 1. The van der Waals surface area contributed by atoms with E-state index >= 15 is 0 Å². The summed E-state index contributed by atoms with van der Waals surface area (Å²) in [6.45, 7) is 0. The maximum Gasteiger partial charge on any atom is 0.450 e. The fraction of sp³-hybridized carbons (Fsp3) is 0.250. The van der Waals surface area contributed by atoms with Crippen LogP contribution in [-0.4, -0.2) is 22.1 Å². The predicted octanol–water partition coefficient (Wildman–Crippen LogP) is 3.17. The summed E-state index contributed by atoms with van der Waals surface area (Å²) < 4.78 is 53.7. The monoisotopic (exact) mass is 320 g/mol. The first-order valence-corrected chi connectivity index (χ1v) is 6.63. The van der Waals surface area contributed by atoms with Crippen LogP contribution in [0.3, 0.4) is 0 Å². The zero-order chi connectivity index (χ0) is 15.5. The third-order valence-electron chi connectivity index (χ3n) is 2.30. The topological polar surface area (TPSA) is 56.0 Å². The number of ketones is 1. The average Bonchev–Trinajstić information content (AvgIpc) is 2.83. The Morgan fingerprint density at radius 3 is 2.76 bits per heavy atom. The van der Waals surface area contributed by atoms with Crippen molar-refractivity contribution in [3.05, 3.63) is 41.8 Å². The van der Waals surface area contributed by atoms with Crippen LogP contribution in [0.4, 0.5) is 17.6 Å². The van der Waals surface area contributed by atoms with Crippen molar-refractivity contribution in [3.63, 3.8) is 0 Å². The van der Waals surface area contributed by atoms with Crippen molar-refractivity contribution in [2.24, 2.45) is 0 Å². The molecule has 0 aliphatic heterocycles. The molecule has 0 amide bonds. The molecular weight excluding hydrogens is 312 g/mol. The maximum atomic E-state index is 12.9. The molecule has 1 heterocycles. The second-order valence-electron chi connectivity index (χ2n) is 3.95. The van der Waals surface area contributed by atoms with Gasteiger partial charge in [0.05, 0.1) is 12.2 Å². The summed E-state index contributed by atoms with van der Waals surface area (Å²) >= 11 is 1.19. The molecule has 0 N–H and O–H groups in total. The molecule has 2 rings (SSSR count). The standard InChI is InChI=1S/C12H8F4N2O2S/c13-7-2-1-3-8(4-7)21-6-10-17-11(20-18-10)5-9(19)12(14,15)16/h1-4H,5-6H2. The van der Waals surface area contributed by atoms with Crippen molar-refractivity contribution in [1.82, 2.24) is 10.1 Å². The highest BCUT2D eigenvalue weighted by molar-refractivity contribution is 7.98. The fourth-order valence-electron chi connectivity index (χ4n) is 1.36. The number of benzene rings is 1. The molecule has 112 valence electrons. The highest BCUT2D eigenvalue weighted by Gasteiger charge is 2.39. The van der Waals surface area contributed by atoms with Crippen molar-refractivity contribution in [2.75, 3.05) is 0 Å². The summed E-state index contributed by atoms with van der Waals surface area (Å²) in [5, 5.41) is 3.47. The predicted molar refractivity (Wildman–Crippen MR) is 65.0 cm³/mol. The Bertz CT molecular complexity index is 642. The molecule has 0 aliphatic carbocycles. The number of hydrogen-bond donors (Lipinski definition) is 0. The largest absolute Gasteiger partial charge is 0.450 e. The van der Waals surface area contributed by atoms with Crippen LogP contribution in [0, 0.1) is 5.82 Å². The van der Waals surface area contributed by atoms with E-state index in [4.69, 9.17) is 0 Å². The van der Waals surface area contributed by atoms with E-state index in [1.807, 2.05) is 0 Å². The number of Topliss-reactive ketones (excluding diaryl/α,β-unsaturated/α-hetero) is 1. The summed E-state index contributed by atoms with van der Waals surface area (Å²) in [4.78, 5) is 15.1. The van der Waals surface area contributed by atoms with E-state index in [-0.39, 0.29) is 11.6 Å². The lowest BCUT2D eigenvalue weighted by Crippen LogP contribution is -2.24. The number of carbonyl (C=O) groups excluding carboxylic acids is 1. The zero-order valence-corrected chi connectivity index (χ0v) is 11.2. The van der Waals surface area contributed by atoms with Gasteiger partial charge in [-0.05, 0) is 18.2 Å². The van der Waals surface area contributed by atoms with Gasteiger partial charge in [0.25, 0.3) is 0 Å². The summed E-state index contributed by atoms with van der Waals surface area (Å²) in [7, 11) is 0. The number of thioether (sulfide) groups is 1. The Morgan fingerprint density at radius 2 is 2.10 bits per heavy atom. The molecule has 21 heavy (non-hydrogen) atoms. The molecule has 0 atom stereocenters. The number of nitrogens with zero attached hydrogens (tertiary/aromatic N) is 2. The quantitative estimate of drug-likeness (QED) is 0.625.